The smallest absolute Gasteiger partial charge is 0.263 e. The van der Waals surface area contributed by atoms with Crippen molar-refractivity contribution in [2.24, 2.45) is 0 Å². The van der Waals surface area contributed by atoms with Crippen LogP contribution in [0.2, 0.25) is 0 Å². The molecule has 0 fully saturated rings. The highest BCUT2D eigenvalue weighted by Crippen LogP contribution is 2.25. The topological polar surface area (TPSA) is 79.8 Å². The molecule has 0 bridgehead atoms. The van der Waals surface area contributed by atoms with E-state index in [0.717, 1.165) is 11.9 Å². The number of aryl methyl sites for hydroxylation is 1. The average molecular weight is 343 g/mol. The van der Waals surface area contributed by atoms with Crippen LogP contribution in [-0.4, -0.2) is 20.9 Å². The molecule has 1 amide bonds. The number of anilines is 2. The normalized spacial score (nSPS) is 10.4. The van der Waals surface area contributed by atoms with Crippen molar-refractivity contribution in [1.29, 1.82) is 0 Å². The Hall–Kier alpha value is -2.87. The molecular formula is C16H14FN5OS. The molecule has 0 atom stereocenters. The van der Waals surface area contributed by atoms with E-state index < -0.39 is 5.82 Å². The second kappa shape index (κ2) is 7.14. The highest BCUT2D eigenvalue weighted by atomic mass is 32.1. The third kappa shape index (κ3) is 3.90. The fraction of sp³-hybridized carbons (Fsp3) is 0.125. The molecule has 8 heteroatoms. The van der Waals surface area contributed by atoms with Crippen molar-refractivity contribution in [3.8, 4) is 0 Å². The van der Waals surface area contributed by atoms with Gasteiger partial charge in [0.15, 0.2) is 5.13 Å². The Morgan fingerprint density at radius 1 is 1.25 bits per heavy atom. The number of nitrogens with one attached hydrogen (secondary N) is 2. The van der Waals surface area contributed by atoms with Gasteiger partial charge in [-0.1, -0.05) is 17.4 Å². The number of nitrogens with zero attached hydrogens (tertiary/aromatic N) is 3. The van der Waals surface area contributed by atoms with Gasteiger partial charge in [0.05, 0.1) is 24.1 Å². The Morgan fingerprint density at radius 2 is 2.12 bits per heavy atom. The summed E-state index contributed by atoms with van der Waals surface area (Å²) >= 11 is 1.21. The molecule has 3 aromatic rings. The molecule has 3 aromatic heterocycles. The van der Waals surface area contributed by atoms with Gasteiger partial charge in [-0.25, -0.2) is 14.4 Å². The maximum absolute atomic E-state index is 12.9. The molecule has 0 spiro atoms. The van der Waals surface area contributed by atoms with Crippen LogP contribution in [0.4, 0.5) is 15.3 Å². The highest BCUT2D eigenvalue weighted by Gasteiger charge is 2.15. The second-order valence-corrected chi connectivity index (χ2v) is 5.92. The van der Waals surface area contributed by atoms with Gasteiger partial charge < -0.3 is 10.6 Å². The zero-order chi connectivity index (χ0) is 16.9. The first-order chi connectivity index (χ1) is 11.6. The van der Waals surface area contributed by atoms with Crippen LogP contribution >= 0.6 is 11.3 Å². The largest absolute Gasteiger partial charge is 0.346 e. The number of hydrogen-bond donors (Lipinski definition) is 2. The van der Waals surface area contributed by atoms with Crippen molar-refractivity contribution < 1.29 is 9.18 Å². The number of rotatable bonds is 5. The van der Waals surface area contributed by atoms with Gasteiger partial charge in [0.2, 0.25) is 0 Å². The summed E-state index contributed by atoms with van der Waals surface area (Å²) in [5.74, 6) is -0.160. The predicted molar refractivity (Wildman–Crippen MR) is 89.7 cm³/mol. The van der Waals surface area contributed by atoms with Crippen molar-refractivity contribution in [3.63, 3.8) is 0 Å². The third-order valence-electron chi connectivity index (χ3n) is 3.12. The summed E-state index contributed by atoms with van der Waals surface area (Å²) in [4.78, 5) is 25.2. The molecule has 0 saturated heterocycles. The SMILES string of the molecule is Cc1nc(Nc2ccc(F)cn2)sc1C(=O)NCc1ccccn1. The molecule has 0 aliphatic carbocycles. The minimum Gasteiger partial charge on any atom is -0.346 e. The minimum absolute atomic E-state index is 0.212. The van der Waals surface area contributed by atoms with Crippen LogP contribution in [0.3, 0.4) is 0 Å². The van der Waals surface area contributed by atoms with Crippen LogP contribution in [-0.2, 0) is 6.54 Å². The minimum atomic E-state index is -0.412. The number of halogens is 1. The standard InChI is InChI=1S/C16H14FN5OS/c1-10-14(15(23)20-9-12-4-2-3-7-18-12)24-16(21-10)22-13-6-5-11(17)8-19-13/h2-8H,9H2,1H3,(H,20,23)(H,19,21,22). The molecule has 0 aliphatic heterocycles. The number of aromatic nitrogens is 3. The Labute approximate surface area is 141 Å². The van der Waals surface area contributed by atoms with Crippen LogP contribution < -0.4 is 10.6 Å². The summed E-state index contributed by atoms with van der Waals surface area (Å²) in [6, 6.07) is 8.33. The van der Waals surface area contributed by atoms with E-state index in [-0.39, 0.29) is 5.91 Å². The molecule has 3 heterocycles. The van der Waals surface area contributed by atoms with E-state index in [2.05, 4.69) is 25.6 Å². The summed E-state index contributed by atoms with van der Waals surface area (Å²) in [6.07, 6.45) is 2.79. The summed E-state index contributed by atoms with van der Waals surface area (Å²) in [5, 5.41) is 6.30. The predicted octanol–water partition coefficient (Wildman–Crippen LogP) is 3.05. The van der Waals surface area contributed by atoms with E-state index in [1.54, 1.807) is 13.1 Å². The van der Waals surface area contributed by atoms with Gasteiger partial charge >= 0.3 is 0 Å². The number of hydrogen-bond acceptors (Lipinski definition) is 6. The van der Waals surface area contributed by atoms with Gasteiger partial charge in [0.25, 0.3) is 5.91 Å². The van der Waals surface area contributed by atoms with E-state index in [4.69, 9.17) is 0 Å². The lowest BCUT2D eigenvalue weighted by atomic mass is 10.3. The first kappa shape index (κ1) is 16.0. The monoisotopic (exact) mass is 343 g/mol. The zero-order valence-electron chi connectivity index (χ0n) is 12.8. The van der Waals surface area contributed by atoms with E-state index in [9.17, 15) is 9.18 Å². The summed E-state index contributed by atoms with van der Waals surface area (Å²) in [7, 11) is 0. The van der Waals surface area contributed by atoms with E-state index >= 15 is 0 Å². The summed E-state index contributed by atoms with van der Waals surface area (Å²) < 4.78 is 12.9. The van der Waals surface area contributed by atoms with Crippen LogP contribution in [0.25, 0.3) is 0 Å². The molecule has 0 aromatic carbocycles. The lowest BCUT2D eigenvalue weighted by Gasteiger charge is -2.03. The fourth-order valence-corrected chi connectivity index (χ4v) is 2.86. The number of thiazole rings is 1. The maximum atomic E-state index is 12.9. The number of amides is 1. The molecule has 3 rings (SSSR count). The number of carbonyl (C=O) groups is 1. The molecule has 0 saturated carbocycles. The summed E-state index contributed by atoms with van der Waals surface area (Å²) in [6.45, 7) is 2.11. The van der Waals surface area contributed by atoms with E-state index in [0.29, 0.717) is 28.1 Å². The first-order valence-corrected chi connectivity index (χ1v) is 7.97. The highest BCUT2D eigenvalue weighted by molar-refractivity contribution is 7.17. The molecule has 122 valence electrons. The summed E-state index contributed by atoms with van der Waals surface area (Å²) in [5.41, 5.74) is 1.39. The van der Waals surface area contributed by atoms with Crippen LogP contribution in [0, 0.1) is 12.7 Å². The number of carbonyl (C=O) groups excluding carboxylic acids is 1. The second-order valence-electron chi connectivity index (χ2n) is 4.92. The fourth-order valence-electron chi connectivity index (χ4n) is 1.97. The van der Waals surface area contributed by atoms with Crippen molar-refractivity contribution in [1.82, 2.24) is 20.3 Å². The molecule has 24 heavy (non-hydrogen) atoms. The molecule has 0 unspecified atom stereocenters. The zero-order valence-corrected chi connectivity index (χ0v) is 13.6. The average Bonchev–Trinajstić information content (AvgIpc) is 2.96. The van der Waals surface area contributed by atoms with Gasteiger partial charge in [-0.15, -0.1) is 0 Å². The first-order valence-electron chi connectivity index (χ1n) is 7.16. The van der Waals surface area contributed by atoms with E-state index in [1.165, 1.54) is 23.5 Å². The number of pyridine rings is 2. The molecule has 2 N–H and O–H groups in total. The van der Waals surface area contributed by atoms with Crippen LogP contribution in [0.1, 0.15) is 21.1 Å². The van der Waals surface area contributed by atoms with Gasteiger partial charge in [-0.05, 0) is 31.2 Å². The van der Waals surface area contributed by atoms with Gasteiger partial charge in [0.1, 0.15) is 16.5 Å². The van der Waals surface area contributed by atoms with Crippen molar-refractivity contribution in [3.05, 3.63) is 64.8 Å². The van der Waals surface area contributed by atoms with Crippen LogP contribution in [0.15, 0.2) is 42.7 Å². The molecule has 0 aliphatic rings. The Morgan fingerprint density at radius 3 is 2.83 bits per heavy atom. The lowest BCUT2D eigenvalue weighted by Crippen LogP contribution is -2.23. The van der Waals surface area contributed by atoms with E-state index in [1.807, 2.05) is 18.2 Å². The van der Waals surface area contributed by atoms with Gasteiger partial charge in [0, 0.05) is 6.20 Å². The Kier molecular flexibility index (Phi) is 4.76. The Balaban J connectivity index is 1.66. The molecular weight excluding hydrogens is 329 g/mol. The van der Waals surface area contributed by atoms with Crippen LogP contribution in [0.5, 0.6) is 0 Å². The van der Waals surface area contributed by atoms with Crippen molar-refractivity contribution in [2.45, 2.75) is 13.5 Å². The molecule has 6 nitrogen and oxygen atoms in total. The van der Waals surface area contributed by atoms with Gasteiger partial charge in [-0.2, -0.15) is 0 Å². The third-order valence-corrected chi connectivity index (χ3v) is 4.19. The van der Waals surface area contributed by atoms with Crippen molar-refractivity contribution in [2.75, 3.05) is 5.32 Å². The lowest BCUT2D eigenvalue weighted by molar-refractivity contribution is 0.0953. The Bertz CT molecular complexity index is 835. The maximum Gasteiger partial charge on any atom is 0.263 e. The molecule has 0 radical (unpaired) electrons. The quantitative estimate of drug-likeness (QED) is 0.744. The van der Waals surface area contributed by atoms with Gasteiger partial charge in [-0.3, -0.25) is 9.78 Å². The van der Waals surface area contributed by atoms with Crippen molar-refractivity contribution >= 4 is 28.2 Å².